The van der Waals surface area contributed by atoms with Gasteiger partial charge in [0.1, 0.15) is 0 Å². The first kappa shape index (κ1) is 26.5. The Morgan fingerprint density at radius 2 is 1.11 bits per heavy atom. The number of unbranched alkanes of at least 4 members (excludes halogenated alkanes) is 11. The Labute approximate surface area is 171 Å². The van der Waals surface area contributed by atoms with Crippen molar-refractivity contribution in [1.29, 1.82) is 0 Å². The van der Waals surface area contributed by atoms with Crippen LogP contribution in [0.3, 0.4) is 0 Å². The highest BCUT2D eigenvalue weighted by Gasteiger charge is 2.10. The molecule has 27 heavy (non-hydrogen) atoms. The third-order valence-corrected chi connectivity index (χ3v) is 5.62. The maximum Gasteiger partial charge on any atom is 0.305 e. The quantitative estimate of drug-likeness (QED) is 0.147. The van der Waals surface area contributed by atoms with Crippen LogP contribution in [0.5, 0.6) is 0 Å². The second kappa shape index (κ2) is 21.8. The van der Waals surface area contributed by atoms with Crippen LogP contribution in [0.1, 0.15) is 143 Å². The van der Waals surface area contributed by atoms with E-state index in [-0.39, 0.29) is 5.97 Å². The van der Waals surface area contributed by atoms with Crippen molar-refractivity contribution >= 4 is 5.97 Å². The monoisotopic (exact) mass is 382 g/mol. The van der Waals surface area contributed by atoms with Gasteiger partial charge in [0.15, 0.2) is 0 Å². The number of ether oxygens (including phenoxy) is 1. The maximum absolute atomic E-state index is 11.6. The second-order valence-corrected chi connectivity index (χ2v) is 8.45. The zero-order chi connectivity index (χ0) is 20.0. The first-order valence-electron chi connectivity index (χ1n) is 12.4. The predicted octanol–water partition coefficient (Wildman–Crippen LogP) is 8.62. The Balaban J connectivity index is 3.49. The molecule has 0 aromatic rings. The van der Waals surface area contributed by atoms with Gasteiger partial charge in [-0.1, -0.05) is 117 Å². The molecule has 0 aromatic carbocycles. The van der Waals surface area contributed by atoms with Crippen molar-refractivity contribution in [3.05, 3.63) is 0 Å². The van der Waals surface area contributed by atoms with E-state index in [1.165, 1.54) is 103 Å². The number of esters is 1. The molecule has 0 heterocycles. The molecule has 0 fully saturated rings. The molecule has 0 N–H and O–H groups in total. The Morgan fingerprint density at radius 3 is 1.63 bits per heavy atom. The van der Waals surface area contributed by atoms with E-state index in [0.717, 1.165) is 18.8 Å². The van der Waals surface area contributed by atoms with Gasteiger partial charge in [0.05, 0.1) is 6.61 Å². The fourth-order valence-corrected chi connectivity index (χ4v) is 3.94. The van der Waals surface area contributed by atoms with Crippen LogP contribution in [-0.4, -0.2) is 12.6 Å². The molecule has 1 atom stereocenters. The molecule has 2 heteroatoms. The van der Waals surface area contributed by atoms with Crippen LogP contribution in [-0.2, 0) is 9.53 Å². The van der Waals surface area contributed by atoms with Crippen molar-refractivity contribution in [3.8, 4) is 0 Å². The highest BCUT2D eigenvalue weighted by molar-refractivity contribution is 5.69. The fourth-order valence-electron chi connectivity index (χ4n) is 3.94. The SMILES string of the molecule is CCCCCCCCCCCCCCC(CCC)CCCC(=O)OCCC. The molecule has 0 aliphatic heterocycles. The highest BCUT2D eigenvalue weighted by Crippen LogP contribution is 2.22. The standard InChI is InChI=1S/C25H50O2/c1-4-7-8-9-10-11-12-13-14-15-16-17-20-24(19-5-2)21-18-22-25(26)27-23-6-3/h24H,4-23H2,1-3H3. The number of carbonyl (C=O) groups excluding carboxylic acids is 1. The lowest BCUT2D eigenvalue weighted by molar-refractivity contribution is -0.143. The van der Waals surface area contributed by atoms with E-state index in [1.54, 1.807) is 0 Å². The van der Waals surface area contributed by atoms with E-state index in [0.29, 0.717) is 13.0 Å². The van der Waals surface area contributed by atoms with Gasteiger partial charge in [-0.05, 0) is 25.2 Å². The lowest BCUT2D eigenvalue weighted by atomic mass is 9.91. The average molecular weight is 383 g/mol. The minimum Gasteiger partial charge on any atom is -0.466 e. The molecule has 0 aliphatic carbocycles. The lowest BCUT2D eigenvalue weighted by Crippen LogP contribution is -2.07. The predicted molar refractivity (Wildman–Crippen MR) is 119 cm³/mol. The zero-order valence-corrected chi connectivity index (χ0v) is 19.0. The summed E-state index contributed by atoms with van der Waals surface area (Å²) >= 11 is 0. The van der Waals surface area contributed by atoms with Gasteiger partial charge in [0.25, 0.3) is 0 Å². The van der Waals surface area contributed by atoms with Gasteiger partial charge in [-0.3, -0.25) is 4.79 Å². The largest absolute Gasteiger partial charge is 0.466 e. The zero-order valence-electron chi connectivity index (χ0n) is 19.0. The van der Waals surface area contributed by atoms with Crippen LogP contribution >= 0.6 is 0 Å². The van der Waals surface area contributed by atoms with E-state index in [2.05, 4.69) is 13.8 Å². The molecular formula is C25H50O2. The Hall–Kier alpha value is -0.530. The summed E-state index contributed by atoms with van der Waals surface area (Å²) in [5.74, 6) is 0.814. The summed E-state index contributed by atoms with van der Waals surface area (Å²) in [7, 11) is 0. The molecule has 1 unspecified atom stereocenters. The number of rotatable bonds is 21. The number of hydrogen-bond acceptors (Lipinski definition) is 2. The van der Waals surface area contributed by atoms with Crippen LogP contribution in [0.25, 0.3) is 0 Å². The van der Waals surface area contributed by atoms with Gasteiger partial charge < -0.3 is 4.74 Å². The molecule has 0 saturated heterocycles. The smallest absolute Gasteiger partial charge is 0.305 e. The summed E-state index contributed by atoms with van der Waals surface area (Å²) in [6.07, 6.45) is 24.7. The van der Waals surface area contributed by atoms with Crippen molar-refractivity contribution in [2.75, 3.05) is 6.61 Å². The summed E-state index contributed by atoms with van der Waals surface area (Å²) in [4.78, 5) is 11.6. The Morgan fingerprint density at radius 1 is 0.593 bits per heavy atom. The van der Waals surface area contributed by atoms with Gasteiger partial charge in [-0.2, -0.15) is 0 Å². The molecule has 0 amide bonds. The number of hydrogen-bond donors (Lipinski definition) is 0. The van der Waals surface area contributed by atoms with Crippen molar-refractivity contribution in [3.63, 3.8) is 0 Å². The average Bonchev–Trinajstić information content (AvgIpc) is 2.67. The first-order chi connectivity index (χ1) is 13.2. The minimum absolute atomic E-state index is 0.00235. The molecule has 0 radical (unpaired) electrons. The van der Waals surface area contributed by atoms with Crippen LogP contribution in [0, 0.1) is 5.92 Å². The molecule has 0 aromatic heterocycles. The topological polar surface area (TPSA) is 26.3 Å². The van der Waals surface area contributed by atoms with Crippen LogP contribution in [0.2, 0.25) is 0 Å². The van der Waals surface area contributed by atoms with Crippen LogP contribution in [0.4, 0.5) is 0 Å². The van der Waals surface area contributed by atoms with Gasteiger partial charge in [-0.25, -0.2) is 0 Å². The van der Waals surface area contributed by atoms with Gasteiger partial charge in [0, 0.05) is 6.42 Å². The molecule has 162 valence electrons. The van der Waals surface area contributed by atoms with Crippen molar-refractivity contribution < 1.29 is 9.53 Å². The second-order valence-electron chi connectivity index (χ2n) is 8.45. The van der Waals surface area contributed by atoms with Gasteiger partial charge in [-0.15, -0.1) is 0 Å². The van der Waals surface area contributed by atoms with Crippen molar-refractivity contribution in [2.45, 2.75) is 143 Å². The minimum atomic E-state index is -0.00235. The first-order valence-corrected chi connectivity index (χ1v) is 12.4. The Bertz CT molecular complexity index is 301. The van der Waals surface area contributed by atoms with Crippen LogP contribution < -0.4 is 0 Å². The van der Waals surface area contributed by atoms with E-state index in [9.17, 15) is 4.79 Å². The van der Waals surface area contributed by atoms with Crippen LogP contribution in [0.15, 0.2) is 0 Å². The van der Waals surface area contributed by atoms with E-state index < -0.39 is 0 Å². The third-order valence-electron chi connectivity index (χ3n) is 5.62. The third kappa shape index (κ3) is 20.0. The van der Waals surface area contributed by atoms with E-state index in [1.807, 2.05) is 6.92 Å². The van der Waals surface area contributed by atoms with Crippen molar-refractivity contribution in [2.24, 2.45) is 5.92 Å². The summed E-state index contributed by atoms with van der Waals surface area (Å²) in [5.41, 5.74) is 0. The van der Waals surface area contributed by atoms with Gasteiger partial charge >= 0.3 is 5.97 Å². The van der Waals surface area contributed by atoms with E-state index in [4.69, 9.17) is 4.74 Å². The van der Waals surface area contributed by atoms with Gasteiger partial charge in [0.2, 0.25) is 0 Å². The molecule has 0 saturated carbocycles. The molecule has 2 nitrogen and oxygen atoms in total. The lowest BCUT2D eigenvalue weighted by Gasteiger charge is -2.15. The number of carbonyl (C=O) groups is 1. The summed E-state index contributed by atoms with van der Waals surface area (Å²) in [6.45, 7) is 7.19. The highest BCUT2D eigenvalue weighted by atomic mass is 16.5. The van der Waals surface area contributed by atoms with E-state index >= 15 is 0 Å². The maximum atomic E-state index is 11.6. The fraction of sp³-hybridized carbons (Fsp3) is 0.960. The molecular weight excluding hydrogens is 332 g/mol. The van der Waals surface area contributed by atoms with Crippen molar-refractivity contribution in [1.82, 2.24) is 0 Å². The normalized spacial score (nSPS) is 12.3. The Kier molecular flexibility index (Phi) is 21.3. The molecule has 0 bridgehead atoms. The molecule has 0 spiro atoms. The summed E-state index contributed by atoms with van der Waals surface area (Å²) in [5, 5.41) is 0. The summed E-state index contributed by atoms with van der Waals surface area (Å²) in [6, 6.07) is 0. The molecule has 0 rings (SSSR count). The summed E-state index contributed by atoms with van der Waals surface area (Å²) < 4.78 is 5.17. The molecule has 0 aliphatic rings.